The molecule has 0 N–H and O–H groups in total. The summed E-state index contributed by atoms with van der Waals surface area (Å²) < 4.78 is 0. The Morgan fingerprint density at radius 1 is 0.571 bits per heavy atom. The van der Waals surface area contributed by atoms with Crippen molar-refractivity contribution >= 4 is 0 Å². The molecule has 102 valence electrons. The summed E-state index contributed by atoms with van der Waals surface area (Å²) in [6, 6.07) is 32.8. The molecule has 1 aliphatic carbocycles. The highest BCUT2D eigenvalue weighted by Crippen LogP contribution is 2.64. The molecule has 4 rings (SSSR count). The Morgan fingerprint density at radius 3 is 1.48 bits per heavy atom. The van der Waals surface area contributed by atoms with Crippen LogP contribution >= 0.6 is 0 Å². The van der Waals surface area contributed by atoms with Crippen LogP contribution < -0.4 is 0 Å². The first-order valence-electron chi connectivity index (χ1n) is 7.57. The first-order chi connectivity index (χ1) is 10.4. The molecule has 0 aliphatic heterocycles. The lowest BCUT2D eigenvalue weighted by Gasteiger charge is -2.19. The summed E-state index contributed by atoms with van der Waals surface area (Å²) in [6.07, 6.45) is 1.20. The fourth-order valence-electron chi connectivity index (χ4n) is 3.63. The van der Waals surface area contributed by atoms with Gasteiger partial charge in [-0.3, -0.25) is 0 Å². The van der Waals surface area contributed by atoms with Crippen LogP contribution in [0.1, 0.15) is 29.0 Å². The molecule has 0 unspecified atom stereocenters. The normalized spacial score (nSPS) is 19.1. The Morgan fingerprint density at radius 2 is 1.00 bits per heavy atom. The average molecular weight is 270 g/mol. The van der Waals surface area contributed by atoms with Gasteiger partial charge in [0, 0.05) is 5.41 Å². The maximum Gasteiger partial charge on any atom is 0.0278 e. The van der Waals surface area contributed by atoms with E-state index in [0.717, 1.165) is 0 Å². The average Bonchev–Trinajstić information content (AvgIpc) is 3.34. The number of benzene rings is 3. The van der Waals surface area contributed by atoms with E-state index in [1.807, 2.05) is 0 Å². The minimum atomic E-state index is 0.157. The van der Waals surface area contributed by atoms with E-state index in [-0.39, 0.29) is 5.41 Å². The van der Waals surface area contributed by atoms with Crippen LogP contribution in [0.4, 0.5) is 0 Å². The van der Waals surface area contributed by atoms with Gasteiger partial charge in [0.2, 0.25) is 0 Å². The third-order valence-electron chi connectivity index (χ3n) is 4.74. The lowest BCUT2D eigenvalue weighted by atomic mass is 9.84. The van der Waals surface area contributed by atoms with Crippen LogP contribution in [0.25, 0.3) is 0 Å². The van der Waals surface area contributed by atoms with Crippen molar-refractivity contribution < 1.29 is 0 Å². The van der Waals surface area contributed by atoms with Crippen LogP contribution in [0.2, 0.25) is 0 Å². The number of hydrogen-bond donors (Lipinski definition) is 0. The number of rotatable bonds is 3. The Labute approximate surface area is 126 Å². The topological polar surface area (TPSA) is 0 Å². The van der Waals surface area contributed by atoms with E-state index in [1.165, 1.54) is 23.1 Å². The third-order valence-corrected chi connectivity index (χ3v) is 4.74. The summed E-state index contributed by atoms with van der Waals surface area (Å²) in [5.74, 6) is 0.587. The molecule has 0 bridgehead atoms. The van der Waals surface area contributed by atoms with E-state index in [1.54, 1.807) is 0 Å². The van der Waals surface area contributed by atoms with E-state index in [2.05, 4.69) is 91.0 Å². The largest absolute Gasteiger partial charge is 0.0622 e. The van der Waals surface area contributed by atoms with Crippen molar-refractivity contribution in [2.24, 2.45) is 0 Å². The molecule has 0 heterocycles. The Hall–Kier alpha value is -2.34. The van der Waals surface area contributed by atoms with E-state index in [4.69, 9.17) is 0 Å². The summed E-state index contributed by atoms with van der Waals surface area (Å²) in [7, 11) is 0. The minimum Gasteiger partial charge on any atom is -0.0622 e. The lowest BCUT2D eigenvalue weighted by Crippen LogP contribution is -2.11. The second-order valence-corrected chi connectivity index (χ2v) is 5.87. The highest BCUT2D eigenvalue weighted by Gasteiger charge is 2.56. The molecule has 3 aromatic rings. The fourth-order valence-corrected chi connectivity index (χ4v) is 3.63. The molecule has 1 aliphatic rings. The van der Waals surface area contributed by atoms with Gasteiger partial charge < -0.3 is 0 Å². The van der Waals surface area contributed by atoms with Gasteiger partial charge in [-0.25, -0.2) is 0 Å². The summed E-state index contributed by atoms with van der Waals surface area (Å²) in [6.45, 7) is 0. The van der Waals surface area contributed by atoms with Gasteiger partial charge in [0.05, 0.1) is 0 Å². The van der Waals surface area contributed by atoms with Crippen molar-refractivity contribution in [2.75, 3.05) is 0 Å². The first-order valence-corrected chi connectivity index (χ1v) is 7.57. The van der Waals surface area contributed by atoms with Crippen LogP contribution in [-0.2, 0) is 5.41 Å². The molecule has 1 saturated carbocycles. The first kappa shape index (κ1) is 12.4. The van der Waals surface area contributed by atoms with E-state index in [0.29, 0.717) is 5.92 Å². The summed E-state index contributed by atoms with van der Waals surface area (Å²) in [5, 5.41) is 0. The smallest absolute Gasteiger partial charge is 0.0278 e. The molecular weight excluding hydrogens is 252 g/mol. The highest BCUT2D eigenvalue weighted by atomic mass is 14.6. The molecule has 3 aromatic carbocycles. The van der Waals surface area contributed by atoms with Gasteiger partial charge in [0.1, 0.15) is 0 Å². The molecule has 1 atom stereocenters. The maximum absolute atomic E-state index is 2.27. The van der Waals surface area contributed by atoms with E-state index in [9.17, 15) is 0 Å². The molecule has 0 nitrogen and oxygen atoms in total. The molecule has 0 spiro atoms. The van der Waals surface area contributed by atoms with E-state index < -0.39 is 0 Å². The van der Waals surface area contributed by atoms with Gasteiger partial charge in [-0.15, -0.1) is 0 Å². The van der Waals surface area contributed by atoms with Crippen LogP contribution in [0.3, 0.4) is 0 Å². The van der Waals surface area contributed by atoms with Crippen molar-refractivity contribution in [1.29, 1.82) is 0 Å². The molecule has 1 fully saturated rings. The molecule has 0 aromatic heterocycles. The van der Waals surface area contributed by atoms with Gasteiger partial charge in [0.15, 0.2) is 0 Å². The second-order valence-electron chi connectivity index (χ2n) is 5.87. The Bertz CT molecular complexity index is 674. The zero-order valence-corrected chi connectivity index (χ0v) is 11.9. The van der Waals surface area contributed by atoms with Crippen molar-refractivity contribution in [1.82, 2.24) is 0 Å². The second kappa shape index (κ2) is 4.89. The van der Waals surface area contributed by atoms with Gasteiger partial charge in [-0.05, 0) is 29.0 Å². The van der Waals surface area contributed by atoms with Gasteiger partial charge in [0.25, 0.3) is 0 Å². The summed E-state index contributed by atoms with van der Waals surface area (Å²) in [5.41, 5.74) is 4.48. The van der Waals surface area contributed by atoms with Gasteiger partial charge in [-0.2, -0.15) is 0 Å². The molecule has 0 amide bonds. The lowest BCUT2D eigenvalue weighted by molar-refractivity contribution is 0.803. The number of hydrogen-bond acceptors (Lipinski definition) is 0. The van der Waals surface area contributed by atoms with Gasteiger partial charge >= 0.3 is 0 Å². The van der Waals surface area contributed by atoms with Crippen molar-refractivity contribution in [3.8, 4) is 0 Å². The maximum atomic E-state index is 2.27. The van der Waals surface area contributed by atoms with Crippen LogP contribution in [0.5, 0.6) is 0 Å². The van der Waals surface area contributed by atoms with E-state index >= 15 is 0 Å². The highest BCUT2D eigenvalue weighted by molar-refractivity contribution is 5.53. The fraction of sp³-hybridized carbons (Fsp3) is 0.143. The van der Waals surface area contributed by atoms with Crippen molar-refractivity contribution in [3.63, 3.8) is 0 Å². The molecule has 0 saturated heterocycles. The zero-order chi connectivity index (χ0) is 14.1. The molecular formula is C21H18. The predicted octanol–water partition coefficient (Wildman–Crippen LogP) is 5.16. The Kier molecular flexibility index (Phi) is 2.89. The Balaban J connectivity index is 1.83. The molecule has 21 heavy (non-hydrogen) atoms. The summed E-state index contributed by atoms with van der Waals surface area (Å²) >= 11 is 0. The monoisotopic (exact) mass is 270 g/mol. The van der Waals surface area contributed by atoms with Gasteiger partial charge in [-0.1, -0.05) is 91.0 Å². The summed E-state index contributed by atoms with van der Waals surface area (Å²) in [4.78, 5) is 0. The van der Waals surface area contributed by atoms with Crippen molar-refractivity contribution in [3.05, 3.63) is 108 Å². The standard InChI is InChI=1S/C21H18/c1-4-10-17(11-5-1)20-16-21(20,18-12-6-2-7-13-18)19-14-8-3-9-15-19/h1-15,20H,16H2/t20-/m1/s1. The van der Waals surface area contributed by atoms with Crippen molar-refractivity contribution in [2.45, 2.75) is 17.8 Å². The third kappa shape index (κ3) is 1.99. The predicted molar refractivity (Wildman–Crippen MR) is 87.5 cm³/mol. The van der Waals surface area contributed by atoms with Crippen LogP contribution in [0.15, 0.2) is 91.0 Å². The van der Waals surface area contributed by atoms with Crippen LogP contribution in [0, 0.1) is 0 Å². The molecule has 0 radical (unpaired) electrons. The minimum absolute atomic E-state index is 0.157. The van der Waals surface area contributed by atoms with Crippen LogP contribution in [-0.4, -0.2) is 0 Å². The quantitative estimate of drug-likeness (QED) is 0.616. The zero-order valence-electron chi connectivity index (χ0n) is 11.9. The SMILES string of the molecule is c1ccc([C@H]2CC2(c2ccccc2)c2ccccc2)cc1. The molecule has 0 heteroatoms.